The standard InChI is InChI=1S/C10H13NO.C9H11NO2.C8H10N2O2.C8H11N.C4H6O3/c1-3-9-5-4-6-10(7-9)11-8(2)12;1-3-8-6-7(2)4-5-9(8)10(11)12;1-2-6-5-7(9)3-4-8(6)10(11)12;1-2-7-4-3-5-8(9)6-7;1-3(5)7-4(2)6/h4-7H,3H2,1-2H3,(H,11,12);4-6H,3H2,1-2H3;3-5H,2,9H2,1H3;3-6H,2,9H2,1H3;1-2H3. The summed E-state index contributed by atoms with van der Waals surface area (Å²) in [7, 11) is 0. The Balaban J connectivity index is 0.000000634. The third-order valence-corrected chi connectivity index (χ3v) is 6.80. The molecule has 0 atom stereocenters. The number of amides is 1. The molecule has 13 nitrogen and oxygen atoms in total. The van der Waals surface area contributed by atoms with Crippen LogP contribution in [0.4, 0.5) is 28.4 Å². The number of nitrogen functional groups attached to an aromatic ring is 2. The summed E-state index contributed by atoms with van der Waals surface area (Å²) in [6.07, 6.45) is 3.39. The van der Waals surface area contributed by atoms with Crippen molar-refractivity contribution in [3.05, 3.63) is 133 Å². The molecule has 0 heterocycles. The molecule has 0 saturated heterocycles. The molecule has 13 heteroatoms. The summed E-state index contributed by atoms with van der Waals surface area (Å²) >= 11 is 0. The quantitative estimate of drug-likeness (QED) is 0.0546. The van der Waals surface area contributed by atoms with Gasteiger partial charge in [-0.05, 0) is 86.2 Å². The lowest BCUT2D eigenvalue weighted by Crippen LogP contribution is -2.05. The minimum absolute atomic E-state index is 0.0248. The van der Waals surface area contributed by atoms with Crippen molar-refractivity contribution in [1.82, 2.24) is 0 Å². The molecule has 1 amide bonds. The van der Waals surface area contributed by atoms with Crippen molar-refractivity contribution in [1.29, 1.82) is 0 Å². The number of nitrogens with zero attached hydrogens (tertiary/aromatic N) is 2. The number of carbonyl (C=O) groups excluding carboxylic acids is 3. The van der Waals surface area contributed by atoms with Gasteiger partial charge in [0, 0.05) is 61.1 Å². The second-order valence-electron chi connectivity index (χ2n) is 11.2. The van der Waals surface area contributed by atoms with Crippen LogP contribution < -0.4 is 16.8 Å². The van der Waals surface area contributed by atoms with Crippen molar-refractivity contribution in [3.63, 3.8) is 0 Å². The number of carbonyl (C=O) groups is 3. The zero-order chi connectivity index (χ0) is 39.8. The highest BCUT2D eigenvalue weighted by Gasteiger charge is 2.11. The molecule has 0 spiro atoms. The molecule has 0 unspecified atom stereocenters. The molecule has 52 heavy (non-hydrogen) atoms. The maximum absolute atomic E-state index is 10.7. The normalized spacial score (nSPS) is 9.38. The van der Waals surface area contributed by atoms with E-state index in [0.717, 1.165) is 35.3 Å². The van der Waals surface area contributed by atoms with Gasteiger partial charge in [0.25, 0.3) is 11.4 Å². The molecule has 0 radical (unpaired) electrons. The predicted octanol–water partition coefficient (Wildman–Crippen LogP) is 8.34. The highest BCUT2D eigenvalue weighted by Crippen LogP contribution is 2.21. The van der Waals surface area contributed by atoms with Crippen LogP contribution in [0, 0.1) is 27.2 Å². The molecule has 0 fully saturated rings. The van der Waals surface area contributed by atoms with Crippen LogP contribution >= 0.6 is 0 Å². The van der Waals surface area contributed by atoms with Gasteiger partial charge in [-0.2, -0.15) is 0 Å². The number of aryl methyl sites for hydroxylation is 5. The Kier molecular flexibility index (Phi) is 22.0. The number of hydrogen-bond acceptors (Lipinski definition) is 10. The van der Waals surface area contributed by atoms with E-state index in [2.05, 4.69) is 30.0 Å². The van der Waals surface area contributed by atoms with Crippen molar-refractivity contribution in [3.8, 4) is 0 Å². The zero-order valence-corrected chi connectivity index (χ0v) is 31.2. The molecule has 0 saturated carbocycles. The number of benzene rings is 4. The third-order valence-electron chi connectivity index (χ3n) is 6.80. The van der Waals surface area contributed by atoms with Crippen molar-refractivity contribution in [2.24, 2.45) is 0 Å². The van der Waals surface area contributed by atoms with E-state index in [1.807, 2.05) is 69.3 Å². The smallest absolute Gasteiger partial charge is 0.310 e. The Hall–Kier alpha value is -6.11. The second-order valence-corrected chi connectivity index (χ2v) is 11.2. The largest absolute Gasteiger partial charge is 0.399 e. The van der Waals surface area contributed by atoms with E-state index in [0.29, 0.717) is 24.1 Å². The first-order valence-corrected chi connectivity index (χ1v) is 16.6. The van der Waals surface area contributed by atoms with E-state index in [1.54, 1.807) is 18.2 Å². The van der Waals surface area contributed by atoms with Crippen molar-refractivity contribution in [2.75, 3.05) is 16.8 Å². The molecule has 0 aliphatic rings. The predicted molar refractivity (Wildman–Crippen MR) is 207 cm³/mol. The second kappa shape index (κ2) is 24.9. The minimum atomic E-state index is -0.562. The zero-order valence-electron chi connectivity index (χ0n) is 31.2. The number of nitrogens with two attached hydrogens (primary N) is 2. The van der Waals surface area contributed by atoms with E-state index >= 15 is 0 Å². The Bertz CT molecular complexity index is 1700. The van der Waals surface area contributed by atoms with Crippen LogP contribution in [0.5, 0.6) is 0 Å². The van der Waals surface area contributed by atoms with Crippen LogP contribution in [0.15, 0.2) is 84.9 Å². The number of anilines is 3. The van der Waals surface area contributed by atoms with Gasteiger partial charge in [-0.3, -0.25) is 34.6 Å². The minimum Gasteiger partial charge on any atom is -0.399 e. The highest BCUT2D eigenvalue weighted by molar-refractivity contribution is 5.88. The third kappa shape index (κ3) is 19.8. The Morgan fingerprint density at radius 3 is 1.50 bits per heavy atom. The maximum atomic E-state index is 10.7. The van der Waals surface area contributed by atoms with E-state index in [-0.39, 0.29) is 22.2 Å². The lowest BCUT2D eigenvalue weighted by Gasteiger charge is -2.02. The topological polar surface area (TPSA) is 211 Å². The highest BCUT2D eigenvalue weighted by atomic mass is 16.6. The fraction of sp³-hybridized carbons (Fsp3) is 0.308. The number of nitro benzene ring substituents is 2. The summed E-state index contributed by atoms with van der Waals surface area (Å²) in [6.45, 7) is 13.8. The van der Waals surface area contributed by atoms with Gasteiger partial charge in [-0.25, -0.2) is 0 Å². The van der Waals surface area contributed by atoms with Crippen LogP contribution in [0.25, 0.3) is 0 Å². The number of nitrogens with one attached hydrogen (secondary N) is 1. The fourth-order valence-electron chi connectivity index (χ4n) is 4.33. The molecule has 0 aliphatic carbocycles. The molecule has 0 aliphatic heterocycles. The van der Waals surface area contributed by atoms with Crippen LogP contribution in [-0.2, 0) is 44.8 Å². The number of ether oxygens (including phenoxy) is 1. The van der Waals surface area contributed by atoms with Crippen LogP contribution in [0.3, 0.4) is 0 Å². The molecule has 4 aromatic rings. The van der Waals surface area contributed by atoms with Crippen LogP contribution in [-0.4, -0.2) is 27.7 Å². The monoisotopic (exact) mass is 717 g/mol. The van der Waals surface area contributed by atoms with Crippen molar-refractivity contribution in [2.45, 2.75) is 81.1 Å². The summed E-state index contributed by atoms with van der Waals surface area (Å²) in [5, 5.41) is 23.7. The van der Waals surface area contributed by atoms with Crippen molar-refractivity contribution >= 4 is 46.3 Å². The molecule has 0 aromatic heterocycles. The average molecular weight is 718 g/mol. The lowest BCUT2D eigenvalue weighted by molar-refractivity contribution is -0.385. The first-order chi connectivity index (χ1) is 24.5. The number of nitro groups is 2. The first-order valence-electron chi connectivity index (χ1n) is 16.6. The number of rotatable bonds is 7. The number of hydrogen-bond donors (Lipinski definition) is 3. The van der Waals surface area contributed by atoms with E-state index < -0.39 is 16.9 Å². The lowest BCUT2D eigenvalue weighted by atomic mass is 10.1. The van der Waals surface area contributed by atoms with Gasteiger partial charge in [0.1, 0.15) is 0 Å². The first kappa shape index (κ1) is 45.9. The van der Waals surface area contributed by atoms with E-state index in [1.165, 1.54) is 44.0 Å². The van der Waals surface area contributed by atoms with Gasteiger partial charge >= 0.3 is 11.9 Å². The van der Waals surface area contributed by atoms with Crippen molar-refractivity contribution < 1.29 is 29.0 Å². The van der Waals surface area contributed by atoms with Gasteiger partial charge in [-0.15, -0.1) is 0 Å². The van der Waals surface area contributed by atoms with Gasteiger partial charge in [-0.1, -0.05) is 63.6 Å². The van der Waals surface area contributed by atoms with E-state index in [4.69, 9.17) is 11.5 Å². The maximum Gasteiger partial charge on any atom is 0.310 e. The molecule has 5 N–H and O–H groups in total. The number of esters is 2. The van der Waals surface area contributed by atoms with E-state index in [9.17, 15) is 34.6 Å². The van der Waals surface area contributed by atoms with Crippen LogP contribution in [0.2, 0.25) is 0 Å². The van der Waals surface area contributed by atoms with Gasteiger partial charge in [0.05, 0.1) is 9.85 Å². The summed E-state index contributed by atoms with van der Waals surface area (Å²) in [5.41, 5.74) is 18.8. The van der Waals surface area contributed by atoms with Gasteiger partial charge in [0.15, 0.2) is 0 Å². The Morgan fingerprint density at radius 1 is 0.635 bits per heavy atom. The molecular formula is C39H51N5O8. The summed E-state index contributed by atoms with van der Waals surface area (Å²) < 4.78 is 3.97. The molecule has 280 valence electrons. The molecule has 0 bridgehead atoms. The summed E-state index contributed by atoms with van der Waals surface area (Å²) in [6, 6.07) is 25.6. The summed E-state index contributed by atoms with van der Waals surface area (Å²) in [4.78, 5) is 50.6. The van der Waals surface area contributed by atoms with Crippen LogP contribution in [0.1, 0.15) is 76.3 Å². The Morgan fingerprint density at radius 2 is 1.10 bits per heavy atom. The summed E-state index contributed by atoms with van der Waals surface area (Å²) in [5.74, 6) is -1.15. The Labute approximate surface area is 305 Å². The molecule has 4 aromatic carbocycles. The fourth-order valence-corrected chi connectivity index (χ4v) is 4.33. The van der Waals surface area contributed by atoms with Gasteiger partial charge < -0.3 is 21.5 Å². The van der Waals surface area contributed by atoms with Gasteiger partial charge in [0.2, 0.25) is 5.91 Å². The molecular weight excluding hydrogens is 666 g/mol. The average Bonchev–Trinajstić information content (AvgIpc) is 3.08. The SMILES string of the molecule is CC(=O)OC(C)=O.CCc1cc(C)ccc1[N+](=O)[O-].CCc1cc(N)ccc1[N+](=O)[O-].CCc1cccc(N)c1.CCc1cccc(NC(C)=O)c1. The molecule has 4 rings (SSSR count).